The predicted molar refractivity (Wildman–Crippen MR) is 84.0 cm³/mol. The van der Waals surface area contributed by atoms with E-state index in [0.29, 0.717) is 11.5 Å². The number of methoxy groups -OCH3 is 1. The molecule has 0 saturated heterocycles. The summed E-state index contributed by atoms with van der Waals surface area (Å²) in [7, 11) is 1.41. The van der Waals surface area contributed by atoms with E-state index in [1.54, 1.807) is 12.1 Å². The zero-order valence-corrected chi connectivity index (χ0v) is 13.3. The third-order valence-corrected chi connectivity index (χ3v) is 3.02. The van der Waals surface area contributed by atoms with Gasteiger partial charge in [-0.25, -0.2) is 9.59 Å². The molecule has 0 bridgehead atoms. The molecule has 132 valence electrons. The van der Waals surface area contributed by atoms with Crippen molar-refractivity contribution in [3.05, 3.63) is 47.9 Å². The number of phenols is 1. The lowest BCUT2D eigenvalue weighted by Crippen LogP contribution is -2.41. The molecule has 0 radical (unpaired) electrons. The largest absolute Gasteiger partial charge is 0.507 e. The van der Waals surface area contributed by atoms with Crippen molar-refractivity contribution >= 4 is 17.9 Å². The number of ether oxygens (including phenoxy) is 2. The van der Waals surface area contributed by atoms with Gasteiger partial charge in [0.15, 0.2) is 6.61 Å². The van der Waals surface area contributed by atoms with Crippen LogP contribution in [0.5, 0.6) is 11.5 Å². The van der Waals surface area contributed by atoms with E-state index in [1.165, 1.54) is 31.6 Å². The highest BCUT2D eigenvalue weighted by Crippen LogP contribution is 2.23. The van der Waals surface area contributed by atoms with Gasteiger partial charge < -0.3 is 24.3 Å². The third-order valence-electron chi connectivity index (χ3n) is 3.02. The Labute approximate surface area is 142 Å². The average Bonchev–Trinajstić information content (AvgIpc) is 3.11. The standard InChI is InChI=1S/C16H16N2O7/c1-23-10-4-5-12(13(19)7-10)15(21)25-9-14(20)18-16(22)17-8-11-3-2-6-24-11/h2-7,19H,8-9H2,1H3,(H2,17,18,20,22). The smallest absolute Gasteiger partial charge is 0.342 e. The molecule has 3 amide bonds. The van der Waals surface area contributed by atoms with E-state index >= 15 is 0 Å². The number of urea groups is 1. The second-order valence-electron chi connectivity index (χ2n) is 4.77. The van der Waals surface area contributed by atoms with Crippen molar-refractivity contribution in [1.29, 1.82) is 0 Å². The number of rotatable bonds is 6. The normalized spacial score (nSPS) is 9.96. The van der Waals surface area contributed by atoms with Crippen LogP contribution in [0.2, 0.25) is 0 Å². The number of carbonyl (C=O) groups is 3. The first kappa shape index (κ1) is 17.9. The zero-order chi connectivity index (χ0) is 18.2. The van der Waals surface area contributed by atoms with Crippen LogP contribution in [0.15, 0.2) is 41.0 Å². The molecule has 25 heavy (non-hydrogen) atoms. The quantitative estimate of drug-likeness (QED) is 0.669. The number of amides is 3. The summed E-state index contributed by atoms with van der Waals surface area (Å²) in [6.07, 6.45) is 1.45. The zero-order valence-electron chi connectivity index (χ0n) is 13.3. The van der Waals surface area contributed by atoms with Gasteiger partial charge >= 0.3 is 12.0 Å². The fourth-order valence-electron chi connectivity index (χ4n) is 1.81. The van der Waals surface area contributed by atoms with E-state index in [9.17, 15) is 19.5 Å². The van der Waals surface area contributed by atoms with Gasteiger partial charge in [0.2, 0.25) is 0 Å². The molecule has 0 saturated carbocycles. The second kappa shape index (κ2) is 8.39. The SMILES string of the molecule is COc1ccc(C(=O)OCC(=O)NC(=O)NCc2ccco2)c(O)c1. The number of carbonyl (C=O) groups excluding carboxylic acids is 3. The van der Waals surface area contributed by atoms with Gasteiger partial charge in [0.05, 0.1) is 19.9 Å². The van der Waals surface area contributed by atoms with E-state index in [-0.39, 0.29) is 17.9 Å². The predicted octanol–water partition coefficient (Wildman–Crippen LogP) is 1.18. The maximum Gasteiger partial charge on any atom is 0.342 e. The van der Waals surface area contributed by atoms with E-state index in [0.717, 1.165) is 0 Å². The highest BCUT2D eigenvalue weighted by Gasteiger charge is 2.16. The van der Waals surface area contributed by atoms with Crippen LogP contribution in [0.3, 0.4) is 0 Å². The van der Waals surface area contributed by atoms with Crippen molar-refractivity contribution < 1.29 is 33.4 Å². The van der Waals surface area contributed by atoms with Crippen molar-refractivity contribution in [3.8, 4) is 11.5 Å². The fourth-order valence-corrected chi connectivity index (χ4v) is 1.81. The molecule has 2 rings (SSSR count). The fraction of sp³-hybridized carbons (Fsp3) is 0.188. The van der Waals surface area contributed by atoms with Crippen LogP contribution in [0.1, 0.15) is 16.1 Å². The van der Waals surface area contributed by atoms with Gasteiger partial charge in [-0.2, -0.15) is 0 Å². The first-order chi connectivity index (χ1) is 12.0. The molecule has 0 aliphatic carbocycles. The maximum atomic E-state index is 11.8. The number of furan rings is 1. The molecule has 0 fully saturated rings. The Morgan fingerprint density at radius 1 is 1.24 bits per heavy atom. The number of aromatic hydroxyl groups is 1. The molecular formula is C16H16N2O7. The van der Waals surface area contributed by atoms with E-state index in [1.807, 2.05) is 5.32 Å². The molecule has 0 aliphatic rings. The lowest BCUT2D eigenvalue weighted by atomic mass is 10.2. The average molecular weight is 348 g/mol. The summed E-state index contributed by atoms with van der Waals surface area (Å²) in [5.74, 6) is -1.20. The molecule has 0 spiro atoms. The molecule has 9 nitrogen and oxygen atoms in total. The van der Waals surface area contributed by atoms with Gasteiger partial charge in [-0.1, -0.05) is 0 Å². The topological polar surface area (TPSA) is 127 Å². The van der Waals surface area contributed by atoms with Crippen LogP contribution in [0.25, 0.3) is 0 Å². The van der Waals surface area contributed by atoms with Gasteiger partial charge in [-0.05, 0) is 24.3 Å². The van der Waals surface area contributed by atoms with Crippen molar-refractivity contribution in [2.24, 2.45) is 0 Å². The van der Waals surface area contributed by atoms with Crippen LogP contribution < -0.4 is 15.4 Å². The maximum absolute atomic E-state index is 11.8. The molecule has 1 heterocycles. The first-order valence-corrected chi connectivity index (χ1v) is 7.14. The van der Waals surface area contributed by atoms with E-state index in [2.05, 4.69) is 5.32 Å². The van der Waals surface area contributed by atoms with Crippen LogP contribution in [-0.4, -0.2) is 36.7 Å². The van der Waals surface area contributed by atoms with Gasteiger partial charge in [-0.3, -0.25) is 10.1 Å². The Balaban J connectivity index is 1.77. The lowest BCUT2D eigenvalue weighted by molar-refractivity contribution is -0.123. The Bertz CT molecular complexity index is 756. The number of imide groups is 1. The third kappa shape index (κ3) is 5.27. The molecule has 9 heteroatoms. The summed E-state index contributed by atoms with van der Waals surface area (Å²) >= 11 is 0. The minimum Gasteiger partial charge on any atom is -0.507 e. The monoisotopic (exact) mass is 348 g/mol. The highest BCUT2D eigenvalue weighted by molar-refractivity contribution is 5.97. The Morgan fingerprint density at radius 3 is 2.68 bits per heavy atom. The van der Waals surface area contributed by atoms with E-state index in [4.69, 9.17) is 13.9 Å². The van der Waals surface area contributed by atoms with E-state index < -0.39 is 24.5 Å². The van der Waals surface area contributed by atoms with Crippen molar-refractivity contribution in [2.45, 2.75) is 6.54 Å². The molecule has 1 aromatic heterocycles. The highest BCUT2D eigenvalue weighted by atomic mass is 16.5. The van der Waals surface area contributed by atoms with Crippen LogP contribution in [0.4, 0.5) is 4.79 Å². The summed E-state index contributed by atoms with van der Waals surface area (Å²) in [5.41, 5.74) is -0.129. The first-order valence-electron chi connectivity index (χ1n) is 7.14. The number of phenolic OH excluding ortho intramolecular Hbond substituents is 1. The van der Waals surface area contributed by atoms with Crippen molar-refractivity contribution in [2.75, 3.05) is 13.7 Å². The van der Waals surface area contributed by atoms with Gasteiger partial charge in [0, 0.05) is 6.07 Å². The molecule has 3 N–H and O–H groups in total. The Morgan fingerprint density at radius 2 is 2.04 bits per heavy atom. The molecule has 2 aromatic rings. The summed E-state index contributed by atoms with van der Waals surface area (Å²) in [4.78, 5) is 34.9. The van der Waals surface area contributed by atoms with Crippen molar-refractivity contribution in [1.82, 2.24) is 10.6 Å². The van der Waals surface area contributed by atoms with Crippen LogP contribution in [0, 0.1) is 0 Å². The Hall–Kier alpha value is -3.49. The molecule has 1 aromatic carbocycles. The summed E-state index contributed by atoms with van der Waals surface area (Å²) in [6.45, 7) is -0.579. The lowest BCUT2D eigenvalue weighted by Gasteiger charge is -2.08. The molecule has 0 unspecified atom stereocenters. The van der Waals surface area contributed by atoms with Gasteiger partial charge in [0.1, 0.15) is 22.8 Å². The summed E-state index contributed by atoms with van der Waals surface area (Å²) < 4.78 is 14.7. The van der Waals surface area contributed by atoms with Gasteiger partial charge in [0.25, 0.3) is 5.91 Å². The number of esters is 1. The van der Waals surface area contributed by atoms with Crippen molar-refractivity contribution in [3.63, 3.8) is 0 Å². The minimum absolute atomic E-state index is 0.103. The number of benzene rings is 1. The van der Waals surface area contributed by atoms with Crippen LogP contribution in [-0.2, 0) is 16.1 Å². The minimum atomic E-state index is -0.911. The second-order valence-corrected chi connectivity index (χ2v) is 4.77. The molecule has 0 aliphatic heterocycles. The number of nitrogens with one attached hydrogen (secondary N) is 2. The number of hydrogen-bond acceptors (Lipinski definition) is 7. The van der Waals surface area contributed by atoms with Gasteiger partial charge in [-0.15, -0.1) is 0 Å². The van der Waals surface area contributed by atoms with Crippen LogP contribution >= 0.6 is 0 Å². The number of hydrogen-bond donors (Lipinski definition) is 3. The Kier molecular flexibility index (Phi) is 5.99. The molecular weight excluding hydrogens is 332 g/mol. The molecule has 0 atom stereocenters. The summed E-state index contributed by atoms with van der Waals surface area (Å²) in [5, 5.41) is 14.1. The summed E-state index contributed by atoms with van der Waals surface area (Å²) in [6, 6.07) is 6.55.